The maximum absolute atomic E-state index is 11.5. The molecular formula is C14H18N4O2. The number of urea groups is 1. The summed E-state index contributed by atoms with van der Waals surface area (Å²) in [7, 11) is 1.60. The third kappa shape index (κ3) is 2.17. The van der Waals surface area contributed by atoms with Crippen molar-refractivity contribution in [3.8, 4) is 0 Å². The van der Waals surface area contributed by atoms with Crippen LogP contribution < -0.4 is 16.4 Å². The highest BCUT2D eigenvalue weighted by Gasteiger charge is 2.40. The number of nitrogens with one attached hydrogen (secondary N) is 2. The van der Waals surface area contributed by atoms with Gasteiger partial charge >= 0.3 is 6.03 Å². The molecule has 0 bridgehead atoms. The van der Waals surface area contributed by atoms with Crippen LogP contribution in [0.3, 0.4) is 0 Å². The Bertz CT molecular complexity index is 585. The number of amides is 2. The molecule has 0 aromatic heterocycles. The molecule has 1 atom stereocenters. The second-order valence-electron chi connectivity index (χ2n) is 5.29. The average Bonchev–Trinajstić information content (AvgIpc) is 2.80. The van der Waals surface area contributed by atoms with E-state index in [0.717, 1.165) is 30.5 Å². The standard InChI is InChI=1S/C14H18N4O2/c1-16-13(19)17-11-4-2-3-9-5-6-14(7-10(9)11)8-20-12(15)18-14/h2-4H,5-8H2,1H3,(H2,15,18)(H2,16,17,19). The van der Waals surface area contributed by atoms with Gasteiger partial charge in [-0.1, -0.05) is 12.1 Å². The maximum atomic E-state index is 11.5. The number of aliphatic imine (C=N–C) groups is 1. The van der Waals surface area contributed by atoms with Gasteiger partial charge in [-0.25, -0.2) is 9.79 Å². The number of nitrogens with zero attached hydrogens (tertiary/aromatic N) is 1. The van der Waals surface area contributed by atoms with E-state index in [0.29, 0.717) is 6.61 Å². The largest absolute Gasteiger partial charge is 0.463 e. The van der Waals surface area contributed by atoms with E-state index in [2.05, 4.69) is 21.7 Å². The minimum Gasteiger partial charge on any atom is -0.463 e. The van der Waals surface area contributed by atoms with Gasteiger partial charge in [-0.3, -0.25) is 0 Å². The lowest BCUT2D eigenvalue weighted by molar-refractivity contribution is 0.235. The van der Waals surface area contributed by atoms with Gasteiger partial charge in [-0.05, 0) is 30.0 Å². The van der Waals surface area contributed by atoms with Gasteiger partial charge in [0.15, 0.2) is 0 Å². The zero-order valence-electron chi connectivity index (χ0n) is 11.4. The molecule has 0 radical (unpaired) electrons. The van der Waals surface area contributed by atoms with E-state index in [1.54, 1.807) is 7.05 Å². The lowest BCUT2D eigenvalue weighted by Gasteiger charge is -2.31. The summed E-state index contributed by atoms with van der Waals surface area (Å²) in [5, 5.41) is 5.43. The molecular weight excluding hydrogens is 256 g/mol. The molecule has 20 heavy (non-hydrogen) atoms. The number of benzene rings is 1. The van der Waals surface area contributed by atoms with Gasteiger partial charge in [-0.15, -0.1) is 0 Å². The molecule has 0 saturated carbocycles. The molecule has 4 N–H and O–H groups in total. The van der Waals surface area contributed by atoms with Crippen molar-refractivity contribution < 1.29 is 9.53 Å². The minimum absolute atomic E-state index is 0.219. The number of rotatable bonds is 1. The number of hydrogen-bond acceptors (Lipinski definition) is 4. The quantitative estimate of drug-likeness (QED) is 0.714. The van der Waals surface area contributed by atoms with Crippen LogP contribution in [-0.4, -0.2) is 31.2 Å². The van der Waals surface area contributed by atoms with Crippen molar-refractivity contribution >= 4 is 17.7 Å². The Balaban J connectivity index is 1.93. The molecule has 0 fully saturated rings. The molecule has 1 spiro atoms. The van der Waals surface area contributed by atoms with E-state index in [1.165, 1.54) is 5.56 Å². The van der Waals surface area contributed by atoms with Crippen LogP contribution in [0.15, 0.2) is 23.2 Å². The number of anilines is 1. The van der Waals surface area contributed by atoms with Gasteiger partial charge in [0.05, 0.1) is 0 Å². The van der Waals surface area contributed by atoms with Gasteiger partial charge in [0, 0.05) is 19.2 Å². The van der Waals surface area contributed by atoms with E-state index < -0.39 is 0 Å². The topological polar surface area (TPSA) is 88.7 Å². The number of aryl methyl sites for hydroxylation is 1. The first-order chi connectivity index (χ1) is 9.62. The lowest BCUT2D eigenvalue weighted by atomic mass is 9.78. The van der Waals surface area contributed by atoms with Crippen LogP contribution in [0.2, 0.25) is 0 Å². The molecule has 6 nitrogen and oxygen atoms in total. The van der Waals surface area contributed by atoms with Gasteiger partial charge < -0.3 is 21.1 Å². The zero-order chi connectivity index (χ0) is 14.2. The summed E-state index contributed by atoms with van der Waals surface area (Å²) in [6.07, 6.45) is 2.58. The predicted octanol–water partition coefficient (Wildman–Crippen LogP) is 1.01. The molecule has 1 unspecified atom stereocenters. The van der Waals surface area contributed by atoms with Crippen molar-refractivity contribution in [1.82, 2.24) is 5.32 Å². The summed E-state index contributed by atoms with van der Waals surface area (Å²) in [6, 6.07) is 6.02. The Morgan fingerprint density at radius 3 is 3.05 bits per heavy atom. The van der Waals surface area contributed by atoms with E-state index in [1.807, 2.05) is 12.1 Å². The monoisotopic (exact) mass is 274 g/mol. The summed E-state index contributed by atoms with van der Waals surface area (Å²) in [5.41, 5.74) is 8.60. The third-order valence-corrected chi connectivity index (χ3v) is 3.95. The van der Waals surface area contributed by atoms with Crippen molar-refractivity contribution in [3.63, 3.8) is 0 Å². The molecule has 1 aliphatic carbocycles. The minimum atomic E-state index is -0.266. The zero-order valence-corrected chi connectivity index (χ0v) is 11.4. The summed E-state index contributed by atoms with van der Waals surface area (Å²) >= 11 is 0. The highest BCUT2D eigenvalue weighted by Crippen LogP contribution is 2.37. The second-order valence-corrected chi connectivity index (χ2v) is 5.29. The molecule has 6 heteroatoms. The molecule has 2 amide bonds. The number of hydrogen-bond donors (Lipinski definition) is 3. The van der Waals surface area contributed by atoms with E-state index >= 15 is 0 Å². The first kappa shape index (κ1) is 12.8. The number of nitrogens with two attached hydrogens (primary N) is 1. The van der Waals surface area contributed by atoms with Crippen LogP contribution in [-0.2, 0) is 17.6 Å². The summed E-state index contributed by atoms with van der Waals surface area (Å²) in [5.74, 6) is 0. The molecule has 2 aliphatic rings. The number of carbonyl (C=O) groups excluding carboxylic acids is 1. The number of ether oxygens (including phenoxy) is 1. The fourth-order valence-electron chi connectivity index (χ4n) is 2.89. The number of carbonyl (C=O) groups is 1. The number of amidine groups is 1. The fourth-order valence-corrected chi connectivity index (χ4v) is 2.89. The first-order valence-electron chi connectivity index (χ1n) is 6.69. The Hall–Kier alpha value is -2.24. The smallest absolute Gasteiger partial charge is 0.318 e. The second kappa shape index (κ2) is 4.70. The maximum Gasteiger partial charge on any atom is 0.318 e. The number of fused-ring (bicyclic) bond motifs is 1. The van der Waals surface area contributed by atoms with E-state index in [4.69, 9.17) is 10.5 Å². The molecule has 1 aromatic rings. The highest BCUT2D eigenvalue weighted by molar-refractivity contribution is 5.90. The van der Waals surface area contributed by atoms with Crippen LogP contribution in [0, 0.1) is 0 Å². The van der Waals surface area contributed by atoms with Crippen molar-refractivity contribution in [3.05, 3.63) is 29.3 Å². The summed E-state index contributed by atoms with van der Waals surface area (Å²) < 4.78 is 5.33. The average molecular weight is 274 g/mol. The molecule has 106 valence electrons. The predicted molar refractivity (Wildman–Crippen MR) is 76.9 cm³/mol. The molecule has 0 saturated heterocycles. The van der Waals surface area contributed by atoms with Crippen molar-refractivity contribution in [2.24, 2.45) is 10.7 Å². The van der Waals surface area contributed by atoms with E-state index in [-0.39, 0.29) is 17.6 Å². The molecule has 1 aliphatic heterocycles. The lowest BCUT2D eigenvalue weighted by Crippen LogP contribution is -2.36. The van der Waals surface area contributed by atoms with Crippen molar-refractivity contribution in [1.29, 1.82) is 0 Å². The Morgan fingerprint density at radius 2 is 2.35 bits per heavy atom. The van der Waals surface area contributed by atoms with Crippen LogP contribution in [0.25, 0.3) is 0 Å². The van der Waals surface area contributed by atoms with Crippen LogP contribution >= 0.6 is 0 Å². The molecule has 3 rings (SSSR count). The molecule has 1 aromatic carbocycles. The van der Waals surface area contributed by atoms with Crippen LogP contribution in [0.1, 0.15) is 17.5 Å². The van der Waals surface area contributed by atoms with Gasteiger partial charge in [0.2, 0.25) is 0 Å². The normalized spacial score (nSPS) is 23.8. The SMILES string of the molecule is CNC(=O)Nc1cccc2c1CC1(CC2)COC(N)=N1. The Labute approximate surface area is 117 Å². The first-order valence-corrected chi connectivity index (χ1v) is 6.69. The Morgan fingerprint density at radius 1 is 1.50 bits per heavy atom. The molecule has 1 heterocycles. The van der Waals surface area contributed by atoms with E-state index in [9.17, 15) is 4.79 Å². The van der Waals surface area contributed by atoms with Crippen LogP contribution in [0.5, 0.6) is 0 Å². The Kier molecular flexibility index (Phi) is 3.00. The third-order valence-electron chi connectivity index (χ3n) is 3.95. The fraction of sp³-hybridized carbons (Fsp3) is 0.429. The highest BCUT2D eigenvalue weighted by atomic mass is 16.5. The van der Waals surface area contributed by atoms with Crippen molar-refractivity contribution in [2.45, 2.75) is 24.8 Å². The van der Waals surface area contributed by atoms with Gasteiger partial charge in [0.1, 0.15) is 12.1 Å². The summed E-state index contributed by atoms with van der Waals surface area (Å²) in [6.45, 7) is 0.520. The van der Waals surface area contributed by atoms with Crippen molar-refractivity contribution in [2.75, 3.05) is 19.0 Å². The summed E-state index contributed by atoms with van der Waals surface area (Å²) in [4.78, 5) is 16.0. The van der Waals surface area contributed by atoms with Gasteiger partial charge in [-0.2, -0.15) is 0 Å². The van der Waals surface area contributed by atoms with Gasteiger partial charge in [0.25, 0.3) is 6.02 Å². The van der Waals surface area contributed by atoms with Crippen LogP contribution in [0.4, 0.5) is 10.5 Å².